The van der Waals surface area contributed by atoms with E-state index in [4.69, 9.17) is 10.5 Å². The molecule has 1 aliphatic rings. The van der Waals surface area contributed by atoms with Crippen LogP contribution in [0.4, 0.5) is 0 Å². The van der Waals surface area contributed by atoms with E-state index in [2.05, 4.69) is 20.5 Å². The van der Waals surface area contributed by atoms with Gasteiger partial charge in [0.2, 0.25) is 0 Å². The van der Waals surface area contributed by atoms with E-state index in [1.54, 1.807) is 33.7 Å². The Kier molecular flexibility index (Phi) is 4.24. The number of aromatic nitrogens is 6. The molecule has 0 saturated heterocycles. The van der Waals surface area contributed by atoms with Crippen LogP contribution in [0.3, 0.4) is 0 Å². The number of tetrazole rings is 1. The predicted octanol–water partition coefficient (Wildman–Crippen LogP) is -0.621. The summed E-state index contributed by atoms with van der Waals surface area (Å²) in [6, 6.07) is 7.07. The van der Waals surface area contributed by atoms with Crippen LogP contribution in [0.25, 0.3) is 5.69 Å². The molecule has 138 valence electrons. The van der Waals surface area contributed by atoms with E-state index in [0.29, 0.717) is 36.9 Å². The topological polar surface area (TPSA) is 134 Å². The maximum absolute atomic E-state index is 12.4. The summed E-state index contributed by atoms with van der Waals surface area (Å²) < 4.78 is 8.83. The molecule has 2 amide bonds. The Morgan fingerprint density at radius 1 is 1.19 bits per heavy atom. The van der Waals surface area contributed by atoms with Crippen molar-refractivity contribution in [2.24, 2.45) is 5.73 Å². The van der Waals surface area contributed by atoms with Crippen molar-refractivity contribution in [2.75, 3.05) is 13.2 Å². The monoisotopic (exact) mass is 368 g/mol. The third-order valence-electron chi connectivity index (χ3n) is 4.28. The van der Waals surface area contributed by atoms with Gasteiger partial charge in [-0.15, -0.1) is 5.10 Å². The second-order valence-electron chi connectivity index (χ2n) is 5.93. The van der Waals surface area contributed by atoms with Crippen LogP contribution < -0.4 is 10.5 Å². The van der Waals surface area contributed by atoms with Gasteiger partial charge in [-0.2, -0.15) is 0 Å². The molecule has 3 aromatic rings. The molecule has 0 spiro atoms. The Labute approximate surface area is 153 Å². The predicted molar refractivity (Wildman–Crippen MR) is 90.8 cm³/mol. The maximum Gasteiger partial charge on any atom is 0.266 e. The number of fused-ring (bicyclic) bond motifs is 1. The third kappa shape index (κ3) is 3.34. The van der Waals surface area contributed by atoms with E-state index in [0.717, 1.165) is 5.69 Å². The highest BCUT2D eigenvalue weighted by atomic mass is 16.5. The van der Waals surface area contributed by atoms with Crippen LogP contribution in [0.1, 0.15) is 16.3 Å². The van der Waals surface area contributed by atoms with Gasteiger partial charge in [-0.05, 0) is 34.7 Å². The lowest BCUT2D eigenvalue weighted by molar-refractivity contribution is -0.134. The summed E-state index contributed by atoms with van der Waals surface area (Å²) in [7, 11) is 0. The lowest BCUT2D eigenvalue weighted by Crippen LogP contribution is -2.41. The van der Waals surface area contributed by atoms with Gasteiger partial charge in [0, 0.05) is 13.1 Å². The number of carbonyl (C=O) groups excluding carboxylic acids is 2. The number of hydrogen-bond donors (Lipinski definition) is 1. The number of nitrogens with two attached hydrogens (primary N) is 1. The minimum Gasteiger partial charge on any atom is -0.484 e. The molecule has 1 aromatic carbocycles. The highest BCUT2D eigenvalue weighted by molar-refractivity contribution is 5.91. The van der Waals surface area contributed by atoms with Crippen molar-refractivity contribution in [3.05, 3.63) is 48.3 Å². The fourth-order valence-electron chi connectivity index (χ4n) is 2.88. The second-order valence-corrected chi connectivity index (χ2v) is 5.93. The molecule has 27 heavy (non-hydrogen) atoms. The molecule has 2 aromatic heterocycles. The molecule has 11 nitrogen and oxygen atoms in total. The number of imidazole rings is 1. The molecule has 0 aliphatic carbocycles. The number of carbonyl (C=O) groups is 2. The molecule has 1 aliphatic heterocycles. The van der Waals surface area contributed by atoms with E-state index in [1.807, 2.05) is 0 Å². The Hall–Kier alpha value is -3.76. The molecule has 2 N–H and O–H groups in total. The number of rotatable bonds is 5. The maximum atomic E-state index is 12.4. The summed E-state index contributed by atoms with van der Waals surface area (Å²) in [5, 5.41) is 11.0. The first-order valence-electron chi connectivity index (χ1n) is 8.20. The quantitative estimate of drug-likeness (QED) is 0.634. The van der Waals surface area contributed by atoms with Gasteiger partial charge in [-0.3, -0.25) is 9.59 Å². The van der Waals surface area contributed by atoms with Crippen LogP contribution in [0.15, 0.2) is 36.8 Å². The highest BCUT2D eigenvalue weighted by Crippen LogP contribution is 2.16. The zero-order valence-corrected chi connectivity index (χ0v) is 14.2. The van der Waals surface area contributed by atoms with Gasteiger partial charge in [0.05, 0.1) is 18.4 Å². The summed E-state index contributed by atoms with van der Waals surface area (Å²) >= 11 is 0. The molecule has 0 atom stereocenters. The van der Waals surface area contributed by atoms with Crippen LogP contribution in [0, 0.1) is 0 Å². The number of benzene rings is 1. The first-order valence-corrected chi connectivity index (χ1v) is 8.20. The van der Waals surface area contributed by atoms with Gasteiger partial charge in [-0.25, -0.2) is 9.67 Å². The summed E-state index contributed by atoms with van der Waals surface area (Å²) in [5.74, 6) is 0.514. The minimum atomic E-state index is -0.526. The normalized spacial score (nSPS) is 13.3. The lowest BCUT2D eigenvalue weighted by Gasteiger charge is -2.28. The largest absolute Gasteiger partial charge is 0.484 e. The van der Waals surface area contributed by atoms with Crippen LogP contribution in [0.5, 0.6) is 5.75 Å². The molecule has 0 bridgehead atoms. The first kappa shape index (κ1) is 16.7. The van der Waals surface area contributed by atoms with Crippen molar-refractivity contribution < 1.29 is 14.3 Å². The fraction of sp³-hybridized carbons (Fsp3) is 0.250. The van der Waals surface area contributed by atoms with Gasteiger partial charge in [0.25, 0.3) is 11.8 Å². The van der Waals surface area contributed by atoms with Crippen molar-refractivity contribution in [3.63, 3.8) is 0 Å². The summed E-state index contributed by atoms with van der Waals surface area (Å²) in [5.41, 5.74) is 6.46. The standard InChI is InChI=1S/C16H16N8O3/c17-16(26)13-7-18-14-8-22(5-6-23(13)14)15(25)9-27-12-3-1-11(2-4-12)24-10-19-20-21-24/h1-4,7,10H,5-6,8-9H2,(H2,17,26). The van der Waals surface area contributed by atoms with Crippen molar-refractivity contribution in [2.45, 2.75) is 13.1 Å². The lowest BCUT2D eigenvalue weighted by atomic mass is 10.3. The molecule has 0 radical (unpaired) electrons. The van der Waals surface area contributed by atoms with E-state index in [9.17, 15) is 9.59 Å². The van der Waals surface area contributed by atoms with E-state index < -0.39 is 5.91 Å². The Morgan fingerprint density at radius 2 is 2.00 bits per heavy atom. The van der Waals surface area contributed by atoms with Gasteiger partial charge in [0.1, 0.15) is 23.6 Å². The molecule has 3 heterocycles. The van der Waals surface area contributed by atoms with Gasteiger partial charge >= 0.3 is 0 Å². The SMILES string of the molecule is NC(=O)c1cnc2n1CCN(C(=O)COc1ccc(-n3cnnn3)cc1)C2. The number of hydrogen-bond acceptors (Lipinski definition) is 7. The zero-order chi connectivity index (χ0) is 18.8. The average molecular weight is 368 g/mol. The van der Waals surface area contributed by atoms with E-state index in [1.165, 1.54) is 17.2 Å². The molecule has 0 saturated carbocycles. The van der Waals surface area contributed by atoms with Crippen molar-refractivity contribution in [1.29, 1.82) is 0 Å². The number of primary amides is 1. The number of amides is 2. The number of ether oxygens (including phenoxy) is 1. The highest BCUT2D eigenvalue weighted by Gasteiger charge is 2.25. The van der Waals surface area contributed by atoms with E-state index >= 15 is 0 Å². The van der Waals surface area contributed by atoms with Crippen LogP contribution in [-0.2, 0) is 17.9 Å². The van der Waals surface area contributed by atoms with Crippen molar-refractivity contribution >= 4 is 11.8 Å². The van der Waals surface area contributed by atoms with Gasteiger partial charge in [-0.1, -0.05) is 0 Å². The average Bonchev–Trinajstić information content (AvgIpc) is 3.35. The molecule has 0 unspecified atom stereocenters. The first-order chi connectivity index (χ1) is 13.1. The Balaban J connectivity index is 1.35. The molecular weight excluding hydrogens is 352 g/mol. The van der Waals surface area contributed by atoms with Crippen LogP contribution in [-0.4, -0.2) is 59.6 Å². The third-order valence-corrected chi connectivity index (χ3v) is 4.28. The van der Waals surface area contributed by atoms with E-state index in [-0.39, 0.29) is 12.5 Å². The fourth-order valence-corrected chi connectivity index (χ4v) is 2.88. The Morgan fingerprint density at radius 3 is 2.70 bits per heavy atom. The van der Waals surface area contributed by atoms with Gasteiger partial charge < -0.3 is 19.9 Å². The second kappa shape index (κ2) is 6.86. The molecule has 0 fully saturated rings. The summed E-state index contributed by atoms with van der Waals surface area (Å²) in [6.45, 7) is 1.16. The molecular formula is C16H16N8O3. The Bertz CT molecular complexity index is 964. The zero-order valence-electron chi connectivity index (χ0n) is 14.2. The summed E-state index contributed by atoms with van der Waals surface area (Å²) in [6.07, 6.45) is 2.93. The summed E-state index contributed by atoms with van der Waals surface area (Å²) in [4.78, 5) is 29.6. The van der Waals surface area contributed by atoms with Crippen molar-refractivity contribution in [1.82, 2.24) is 34.7 Å². The minimum absolute atomic E-state index is 0.0897. The molecule has 11 heteroatoms. The number of nitrogens with zero attached hydrogens (tertiary/aromatic N) is 7. The molecule has 4 rings (SSSR count). The van der Waals surface area contributed by atoms with Gasteiger partial charge in [0.15, 0.2) is 6.61 Å². The van der Waals surface area contributed by atoms with Crippen LogP contribution >= 0.6 is 0 Å². The smallest absolute Gasteiger partial charge is 0.266 e. The van der Waals surface area contributed by atoms with Crippen molar-refractivity contribution in [3.8, 4) is 11.4 Å². The van der Waals surface area contributed by atoms with Crippen LogP contribution in [0.2, 0.25) is 0 Å².